The molecule has 0 heterocycles. The van der Waals surface area contributed by atoms with E-state index in [1.165, 1.54) is 0 Å². The van der Waals surface area contributed by atoms with Crippen LogP contribution in [0.3, 0.4) is 0 Å². The maximum absolute atomic E-state index is 11.3. The molecule has 5 nitrogen and oxygen atoms in total. The molecule has 0 radical (unpaired) electrons. The van der Waals surface area contributed by atoms with Crippen LogP contribution in [0.15, 0.2) is 0 Å². The Morgan fingerprint density at radius 1 is 1.19 bits per heavy atom. The minimum absolute atomic E-state index is 0.307. The van der Waals surface area contributed by atoms with E-state index in [1.807, 2.05) is 0 Å². The lowest BCUT2D eigenvalue weighted by Gasteiger charge is -2.11. The Labute approximate surface area is 95.9 Å². The van der Waals surface area contributed by atoms with Crippen LogP contribution in [0.1, 0.15) is 45.4 Å². The zero-order valence-electron chi connectivity index (χ0n) is 9.74. The molecule has 0 aliphatic heterocycles. The number of aliphatic hydroxyl groups is 1. The Morgan fingerprint density at radius 2 is 1.81 bits per heavy atom. The molecule has 0 rings (SSSR count). The maximum atomic E-state index is 11.3. The molecule has 0 aliphatic rings. The number of amides is 1. The van der Waals surface area contributed by atoms with Gasteiger partial charge in [-0.2, -0.15) is 0 Å². The summed E-state index contributed by atoms with van der Waals surface area (Å²) < 4.78 is 0. The summed E-state index contributed by atoms with van der Waals surface area (Å²) in [6, 6.07) is -1.18. The van der Waals surface area contributed by atoms with Crippen molar-refractivity contribution < 1.29 is 19.8 Å². The molecule has 0 spiro atoms. The molecular weight excluding hydrogens is 210 g/mol. The van der Waals surface area contributed by atoms with Crippen LogP contribution in [0.4, 0.5) is 0 Å². The molecule has 0 aromatic rings. The van der Waals surface area contributed by atoms with E-state index in [1.54, 1.807) is 0 Å². The van der Waals surface area contributed by atoms with Gasteiger partial charge in [0.1, 0.15) is 6.04 Å². The maximum Gasteiger partial charge on any atom is 0.328 e. The average molecular weight is 231 g/mol. The van der Waals surface area contributed by atoms with Crippen LogP contribution in [0.5, 0.6) is 0 Å². The summed E-state index contributed by atoms with van der Waals surface area (Å²) in [5, 5.41) is 19.5. The number of aliphatic hydroxyl groups excluding tert-OH is 1. The van der Waals surface area contributed by atoms with Crippen molar-refractivity contribution in [3.05, 3.63) is 0 Å². The Balaban J connectivity index is 3.61. The van der Waals surface area contributed by atoms with Crippen molar-refractivity contribution in [2.24, 2.45) is 0 Å². The van der Waals surface area contributed by atoms with E-state index in [9.17, 15) is 9.59 Å². The van der Waals surface area contributed by atoms with Gasteiger partial charge in [-0.05, 0) is 6.42 Å². The fraction of sp³-hybridized carbons (Fsp3) is 0.818. The Bertz CT molecular complexity index is 218. The third-order valence-electron chi connectivity index (χ3n) is 2.32. The van der Waals surface area contributed by atoms with Gasteiger partial charge in [-0.1, -0.05) is 32.6 Å². The van der Waals surface area contributed by atoms with Crippen molar-refractivity contribution in [1.82, 2.24) is 5.32 Å². The van der Waals surface area contributed by atoms with Crippen LogP contribution >= 0.6 is 0 Å². The number of carbonyl (C=O) groups is 2. The second-order valence-electron chi connectivity index (χ2n) is 3.81. The van der Waals surface area contributed by atoms with Crippen LogP contribution < -0.4 is 5.32 Å². The first-order chi connectivity index (χ1) is 7.61. The number of nitrogens with one attached hydrogen (secondary N) is 1. The summed E-state index contributed by atoms with van der Waals surface area (Å²) in [4.78, 5) is 21.8. The summed E-state index contributed by atoms with van der Waals surface area (Å²) >= 11 is 0. The fourth-order valence-electron chi connectivity index (χ4n) is 1.34. The third-order valence-corrected chi connectivity index (χ3v) is 2.32. The Hall–Kier alpha value is -1.10. The zero-order chi connectivity index (χ0) is 12.4. The summed E-state index contributed by atoms with van der Waals surface area (Å²) in [6.45, 7) is 1.54. The molecule has 0 saturated heterocycles. The van der Waals surface area contributed by atoms with Gasteiger partial charge in [-0.25, -0.2) is 4.79 Å². The van der Waals surface area contributed by atoms with Crippen molar-refractivity contribution in [3.8, 4) is 0 Å². The van der Waals surface area contributed by atoms with E-state index < -0.39 is 18.6 Å². The van der Waals surface area contributed by atoms with Crippen molar-refractivity contribution >= 4 is 11.9 Å². The lowest BCUT2D eigenvalue weighted by molar-refractivity contribution is -0.142. The van der Waals surface area contributed by atoms with Crippen molar-refractivity contribution in [2.75, 3.05) is 6.61 Å². The van der Waals surface area contributed by atoms with Gasteiger partial charge in [0.05, 0.1) is 6.61 Å². The largest absolute Gasteiger partial charge is 0.480 e. The molecule has 0 fully saturated rings. The number of unbranched alkanes of at least 4 members (excludes halogenated alkanes) is 4. The number of carboxylic acid groups (broad SMARTS) is 1. The van der Waals surface area contributed by atoms with Gasteiger partial charge in [-0.15, -0.1) is 0 Å². The highest BCUT2D eigenvalue weighted by molar-refractivity contribution is 5.83. The van der Waals surface area contributed by atoms with Gasteiger partial charge in [0.15, 0.2) is 0 Å². The van der Waals surface area contributed by atoms with Gasteiger partial charge in [-0.3, -0.25) is 4.79 Å². The first-order valence-corrected chi connectivity index (χ1v) is 5.74. The lowest BCUT2D eigenvalue weighted by atomic mass is 10.1. The van der Waals surface area contributed by atoms with Crippen LogP contribution in [-0.2, 0) is 9.59 Å². The van der Waals surface area contributed by atoms with Gasteiger partial charge in [0, 0.05) is 6.42 Å². The summed E-state index contributed by atoms with van der Waals surface area (Å²) in [5.41, 5.74) is 0. The van der Waals surface area contributed by atoms with Gasteiger partial charge in [0.2, 0.25) is 5.91 Å². The minimum Gasteiger partial charge on any atom is -0.480 e. The molecule has 0 aromatic heterocycles. The first kappa shape index (κ1) is 14.9. The summed E-state index contributed by atoms with van der Waals surface area (Å²) in [7, 11) is 0. The van der Waals surface area contributed by atoms with Crippen LogP contribution in [-0.4, -0.2) is 34.7 Å². The number of hydrogen-bond acceptors (Lipinski definition) is 3. The molecular formula is C11H21NO4. The van der Waals surface area contributed by atoms with E-state index in [2.05, 4.69) is 12.2 Å². The van der Waals surface area contributed by atoms with Crippen LogP contribution in [0.2, 0.25) is 0 Å². The van der Waals surface area contributed by atoms with Crippen LogP contribution in [0, 0.1) is 0 Å². The van der Waals surface area contributed by atoms with E-state index in [4.69, 9.17) is 10.2 Å². The average Bonchev–Trinajstić information content (AvgIpc) is 2.25. The molecule has 0 bridgehead atoms. The molecule has 16 heavy (non-hydrogen) atoms. The topological polar surface area (TPSA) is 86.6 Å². The number of hydrogen-bond donors (Lipinski definition) is 3. The van der Waals surface area contributed by atoms with Crippen molar-refractivity contribution in [2.45, 2.75) is 51.5 Å². The van der Waals surface area contributed by atoms with Gasteiger partial charge in [0.25, 0.3) is 0 Å². The number of rotatable bonds is 9. The van der Waals surface area contributed by atoms with E-state index in [0.29, 0.717) is 6.42 Å². The van der Waals surface area contributed by atoms with Crippen LogP contribution in [0.25, 0.3) is 0 Å². The molecule has 0 saturated carbocycles. The zero-order valence-corrected chi connectivity index (χ0v) is 9.74. The molecule has 1 amide bonds. The molecule has 3 N–H and O–H groups in total. The smallest absolute Gasteiger partial charge is 0.328 e. The standard InChI is InChI=1S/C11H21NO4/c1-2-3-4-5-6-7-10(14)12-9(8-13)11(15)16/h9,13H,2-8H2,1H3,(H,12,14)(H,15,16)/t9-/m0/s1. The number of carboxylic acids is 1. The number of carbonyl (C=O) groups excluding carboxylic acids is 1. The van der Waals surface area contributed by atoms with E-state index >= 15 is 0 Å². The Morgan fingerprint density at radius 3 is 2.31 bits per heavy atom. The molecule has 0 aromatic carbocycles. The minimum atomic E-state index is -1.21. The number of aliphatic carboxylic acids is 1. The SMILES string of the molecule is CCCCCCCC(=O)N[C@@H](CO)C(=O)O. The summed E-state index contributed by atoms with van der Waals surface area (Å²) in [6.07, 6.45) is 5.50. The normalized spacial score (nSPS) is 12.1. The summed E-state index contributed by atoms with van der Waals surface area (Å²) in [5.74, 6) is -1.51. The highest BCUT2D eigenvalue weighted by Crippen LogP contribution is 2.04. The second kappa shape index (κ2) is 9.15. The van der Waals surface area contributed by atoms with E-state index in [-0.39, 0.29) is 5.91 Å². The van der Waals surface area contributed by atoms with Gasteiger partial charge < -0.3 is 15.5 Å². The molecule has 0 unspecified atom stereocenters. The second-order valence-corrected chi connectivity index (χ2v) is 3.81. The molecule has 1 atom stereocenters. The molecule has 94 valence electrons. The Kier molecular flexibility index (Phi) is 8.52. The monoisotopic (exact) mass is 231 g/mol. The predicted octanol–water partition coefficient (Wildman–Crippen LogP) is 0.909. The van der Waals surface area contributed by atoms with Crippen molar-refractivity contribution in [3.63, 3.8) is 0 Å². The highest BCUT2D eigenvalue weighted by atomic mass is 16.4. The fourth-order valence-corrected chi connectivity index (χ4v) is 1.34. The van der Waals surface area contributed by atoms with E-state index in [0.717, 1.165) is 32.1 Å². The first-order valence-electron chi connectivity index (χ1n) is 5.74. The predicted molar refractivity (Wildman–Crippen MR) is 60.0 cm³/mol. The lowest BCUT2D eigenvalue weighted by Crippen LogP contribution is -2.43. The molecule has 0 aliphatic carbocycles. The quantitative estimate of drug-likeness (QED) is 0.515. The molecule has 5 heteroatoms. The van der Waals surface area contributed by atoms with Gasteiger partial charge >= 0.3 is 5.97 Å². The third kappa shape index (κ3) is 7.23. The van der Waals surface area contributed by atoms with Crippen molar-refractivity contribution in [1.29, 1.82) is 0 Å². The highest BCUT2D eigenvalue weighted by Gasteiger charge is 2.17.